The Balaban J connectivity index is 0.00000125. The summed E-state index contributed by atoms with van der Waals surface area (Å²) in [5.41, 5.74) is -0.0674. The van der Waals surface area contributed by atoms with E-state index in [1.165, 1.54) is 12.1 Å². The second kappa shape index (κ2) is 11.3. The number of phenols is 1. The van der Waals surface area contributed by atoms with Crippen LogP contribution in [-0.4, -0.2) is 54.4 Å². The summed E-state index contributed by atoms with van der Waals surface area (Å²) in [5, 5.41) is 12.2. The van der Waals surface area contributed by atoms with Crippen molar-refractivity contribution in [2.45, 2.75) is 25.4 Å². The van der Waals surface area contributed by atoms with E-state index in [0.717, 1.165) is 19.1 Å². The second-order valence-electron chi connectivity index (χ2n) is 5.99. The largest absolute Gasteiger partial charge is 0.379 e. The molecule has 2 rings (SSSR count). The van der Waals surface area contributed by atoms with Crippen LogP contribution in [0.15, 0.2) is 41.3 Å². The molecular weight excluding hydrogens is 542 g/mol. The van der Waals surface area contributed by atoms with Crippen LogP contribution in [-0.2, 0) is 27.9 Å². The van der Waals surface area contributed by atoms with Gasteiger partial charge in [0.1, 0.15) is 0 Å². The maximum atomic E-state index is 12.5. The number of aromatic hydroxyl groups is 1. The normalized spacial score (nSPS) is 11.4. The van der Waals surface area contributed by atoms with E-state index < -0.39 is 63.5 Å². The molecule has 0 spiro atoms. The Morgan fingerprint density at radius 2 is 1.64 bits per heavy atom. The Labute approximate surface area is 187 Å². The fourth-order valence-corrected chi connectivity index (χ4v) is 4.79. The molecule has 182 valence electrons. The number of carbonyl (C=O) groups excluding carboxylic acids is 2. The Kier molecular flexibility index (Phi) is 9.69. The molecule has 33 heavy (non-hydrogen) atoms. The van der Waals surface area contributed by atoms with E-state index in [-0.39, 0.29) is 5.56 Å². The van der Waals surface area contributed by atoms with Crippen molar-refractivity contribution < 1.29 is 57.4 Å². The SMILES string of the molecule is CC(=O)Nc1ccc([As](=O)(O)O)c(O)c1S(=O)(=O)OOC(=O)c1ccccc1C.FC(F)F. The molecule has 11 nitrogen and oxygen atoms in total. The Bertz CT molecular complexity index is 1180. The van der Waals surface area contributed by atoms with Crippen LogP contribution in [0.2, 0.25) is 0 Å². The summed E-state index contributed by atoms with van der Waals surface area (Å²) >= 11 is -5.76. The van der Waals surface area contributed by atoms with Gasteiger partial charge in [-0.25, -0.2) is 0 Å². The number of carbonyl (C=O) groups is 2. The number of rotatable bonds is 6. The van der Waals surface area contributed by atoms with Gasteiger partial charge in [-0.1, -0.05) is 0 Å². The molecular formula is C17H17AsF3NO10S. The number of anilines is 1. The van der Waals surface area contributed by atoms with E-state index >= 15 is 0 Å². The van der Waals surface area contributed by atoms with Gasteiger partial charge in [0.05, 0.1) is 0 Å². The van der Waals surface area contributed by atoms with Crippen LogP contribution in [0.1, 0.15) is 22.8 Å². The third-order valence-electron chi connectivity index (χ3n) is 3.55. The molecule has 4 N–H and O–H groups in total. The number of amides is 1. The molecule has 16 heteroatoms. The fraction of sp³-hybridized carbons (Fsp3) is 0.176. The van der Waals surface area contributed by atoms with Crippen molar-refractivity contribution in [2.75, 3.05) is 5.32 Å². The molecule has 0 saturated heterocycles. The Morgan fingerprint density at radius 3 is 2.12 bits per heavy atom. The van der Waals surface area contributed by atoms with E-state index in [1.807, 2.05) is 0 Å². The maximum absolute atomic E-state index is 12.5. The van der Waals surface area contributed by atoms with Crippen molar-refractivity contribution in [3.05, 3.63) is 47.5 Å². The summed E-state index contributed by atoms with van der Waals surface area (Å²) in [6, 6.07) is 7.68. The number of nitrogens with one attached hydrogen (secondary N) is 1. The van der Waals surface area contributed by atoms with Crippen LogP contribution in [0.4, 0.5) is 18.9 Å². The van der Waals surface area contributed by atoms with Gasteiger partial charge >= 0.3 is 174 Å². The first-order chi connectivity index (χ1) is 15.1. The Morgan fingerprint density at radius 1 is 1.09 bits per heavy atom. The average Bonchev–Trinajstić information content (AvgIpc) is 2.64. The molecule has 0 saturated carbocycles. The van der Waals surface area contributed by atoms with E-state index in [9.17, 15) is 48.2 Å². The first-order valence-corrected chi connectivity index (χ1v) is 13.2. The predicted molar refractivity (Wildman–Crippen MR) is 105 cm³/mol. The number of phenolic OH excluding ortho intramolecular Hbond substituents is 1. The van der Waals surface area contributed by atoms with Crippen LogP contribution in [0, 0.1) is 6.92 Å². The molecule has 0 radical (unpaired) electrons. The van der Waals surface area contributed by atoms with Crippen molar-refractivity contribution in [2.24, 2.45) is 0 Å². The number of hydrogen-bond acceptors (Lipinski definition) is 8. The third kappa shape index (κ3) is 8.22. The van der Waals surface area contributed by atoms with Crippen LogP contribution in [0.3, 0.4) is 0 Å². The molecule has 0 aromatic heterocycles. The summed E-state index contributed by atoms with van der Waals surface area (Å²) < 4.78 is 87.5. The molecule has 0 fully saturated rings. The summed E-state index contributed by atoms with van der Waals surface area (Å²) in [6.07, 6.45) is 0. The minimum absolute atomic E-state index is 0.00113. The predicted octanol–water partition coefficient (Wildman–Crippen LogP) is 0.876. The van der Waals surface area contributed by atoms with Gasteiger partial charge in [0.2, 0.25) is 0 Å². The maximum Gasteiger partial charge on any atom is 0.379 e. The monoisotopic (exact) mass is 559 g/mol. The van der Waals surface area contributed by atoms with Gasteiger partial charge in [-0.05, 0) is 0 Å². The Hall–Kier alpha value is -2.84. The topological polar surface area (TPSA) is 177 Å². The molecule has 0 aliphatic rings. The minimum atomic E-state index is -5.76. The summed E-state index contributed by atoms with van der Waals surface area (Å²) in [7, 11) is -5.11. The zero-order valence-electron chi connectivity index (χ0n) is 16.7. The van der Waals surface area contributed by atoms with Crippen LogP contribution >= 0.6 is 0 Å². The molecule has 0 aliphatic carbocycles. The van der Waals surface area contributed by atoms with Crippen LogP contribution in [0.25, 0.3) is 0 Å². The standard InChI is InChI=1S/C16H16AsNO10S.CHF3/c1-9-5-3-4-6-11(9)16(21)27-28-29(25,26)15-13(18-10(2)19)8-7-12(14(15)20)17(22,23)24;2-1(3)4/h3-8,20H,1-2H3,(H,18,19)(H2,22,23,24);1H. The molecule has 0 heterocycles. The summed E-state index contributed by atoms with van der Waals surface area (Å²) in [4.78, 5) is 26.5. The van der Waals surface area contributed by atoms with Gasteiger partial charge in [-0.15, -0.1) is 0 Å². The number of halogens is 3. The van der Waals surface area contributed by atoms with Gasteiger partial charge in [0.15, 0.2) is 0 Å². The van der Waals surface area contributed by atoms with Crippen LogP contribution in [0.5, 0.6) is 5.75 Å². The third-order valence-corrected chi connectivity index (χ3v) is 6.78. The molecule has 0 atom stereocenters. The first kappa shape index (κ1) is 28.2. The molecule has 2 aromatic rings. The fourth-order valence-electron chi connectivity index (χ4n) is 2.29. The molecule has 0 unspecified atom stereocenters. The van der Waals surface area contributed by atoms with Gasteiger partial charge in [-0.3, -0.25) is 0 Å². The van der Waals surface area contributed by atoms with Crippen molar-refractivity contribution in [3.63, 3.8) is 0 Å². The summed E-state index contributed by atoms with van der Waals surface area (Å²) in [5.74, 6) is -3.25. The van der Waals surface area contributed by atoms with E-state index in [2.05, 4.69) is 14.5 Å². The quantitative estimate of drug-likeness (QED) is 0.226. The molecule has 0 aliphatic heterocycles. The zero-order valence-corrected chi connectivity index (χ0v) is 19.4. The van der Waals surface area contributed by atoms with Crippen molar-refractivity contribution >= 4 is 46.2 Å². The van der Waals surface area contributed by atoms with E-state index in [4.69, 9.17) is 0 Å². The number of alkyl halides is 3. The van der Waals surface area contributed by atoms with E-state index in [1.54, 1.807) is 19.1 Å². The molecule has 0 bridgehead atoms. The van der Waals surface area contributed by atoms with Crippen molar-refractivity contribution in [1.29, 1.82) is 0 Å². The zero-order chi connectivity index (χ0) is 25.6. The average molecular weight is 559 g/mol. The summed E-state index contributed by atoms with van der Waals surface area (Å²) in [6.45, 7) is -1.06. The minimum Gasteiger partial charge on any atom is -0.174 e. The van der Waals surface area contributed by atoms with Crippen molar-refractivity contribution in [3.8, 4) is 5.75 Å². The molecule has 1 amide bonds. The van der Waals surface area contributed by atoms with Gasteiger partial charge in [0.25, 0.3) is 0 Å². The smallest absolute Gasteiger partial charge is 0.174 e. The number of benzene rings is 2. The van der Waals surface area contributed by atoms with Gasteiger partial charge in [0, 0.05) is 0 Å². The van der Waals surface area contributed by atoms with Crippen molar-refractivity contribution in [1.82, 2.24) is 0 Å². The number of hydrogen-bond donors (Lipinski definition) is 4. The second-order valence-corrected chi connectivity index (χ2v) is 10.7. The number of aryl methyl sites for hydroxylation is 1. The first-order valence-electron chi connectivity index (χ1n) is 8.41. The molecule has 2 aromatic carbocycles. The van der Waals surface area contributed by atoms with E-state index in [0.29, 0.717) is 5.56 Å². The van der Waals surface area contributed by atoms with Gasteiger partial charge in [-0.2, -0.15) is 13.2 Å². The van der Waals surface area contributed by atoms with Crippen LogP contribution < -0.4 is 9.67 Å². The van der Waals surface area contributed by atoms with Gasteiger partial charge < -0.3 is 0 Å².